The number of carbonyl (C=O) groups excluding carboxylic acids is 1. The van der Waals surface area contributed by atoms with Crippen LogP contribution in [0, 0.1) is 4.91 Å². The molecule has 0 aliphatic carbocycles. The van der Waals surface area contributed by atoms with Crippen molar-refractivity contribution in [3.05, 3.63) is 15.3 Å². The monoisotopic (exact) mass is 143 g/mol. The highest BCUT2D eigenvalue weighted by molar-refractivity contribution is 5.78. The molecule has 0 aromatic heterocycles. The second kappa shape index (κ2) is 4.28. The summed E-state index contributed by atoms with van der Waals surface area (Å²) in [6.45, 7) is -0.284. The Labute approximate surface area is 56.2 Å². The first-order valence-corrected chi connectivity index (χ1v) is 2.33. The molecule has 0 aliphatic rings. The lowest BCUT2D eigenvalue weighted by atomic mass is 10.6. The van der Waals surface area contributed by atoms with Crippen LogP contribution >= 0.6 is 0 Å². The van der Waals surface area contributed by atoms with Crippen molar-refractivity contribution in [2.45, 2.75) is 0 Å². The van der Waals surface area contributed by atoms with E-state index in [1.165, 1.54) is 7.05 Å². The van der Waals surface area contributed by atoms with Crippen molar-refractivity contribution in [2.24, 2.45) is 10.4 Å². The minimum absolute atomic E-state index is 0.284. The molecule has 0 spiro atoms. The number of likely N-dealkylation sites (N-methyl/N-ethyl adjacent to an activating group) is 1. The lowest BCUT2D eigenvalue weighted by molar-refractivity contribution is -0.118. The highest BCUT2D eigenvalue weighted by Gasteiger charge is 2.00. The number of hydrogen-bond acceptors (Lipinski definition) is 3. The molecule has 0 saturated carbocycles. The quantitative estimate of drug-likeness (QED) is 0.188. The van der Waals surface area contributed by atoms with Crippen LogP contribution < -0.4 is 0 Å². The van der Waals surface area contributed by atoms with Crippen LogP contribution in [0.15, 0.2) is 10.4 Å². The summed E-state index contributed by atoms with van der Waals surface area (Å²) < 4.78 is 0. The SMILES string of the molecule is CN(CC(=O)N=[N+]=[N-])N=O. The molecule has 10 heavy (non-hydrogen) atoms. The molecule has 0 bridgehead atoms. The third kappa shape index (κ3) is 3.39. The van der Waals surface area contributed by atoms with Gasteiger partial charge in [0.05, 0.1) is 5.29 Å². The van der Waals surface area contributed by atoms with Crippen molar-refractivity contribution in [1.29, 1.82) is 0 Å². The van der Waals surface area contributed by atoms with Gasteiger partial charge in [0.2, 0.25) is 5.91 Å². The normalized spacial score (nSPS) is 7.70. The fraction of sp³-hybridized carbons (Fsp3) is 0.667. The number of nitrogens with zero attached hydrogens (tertiary/aromatic N) is 5. The van der Waals surface area contributed by atoms with Crippen LogP contribution in [-0.4, -0.2) is 24.5 Å². The van der Waals surface area contributed by atoms with Gasteiger partial charge in [-0.25, -0.2) is 0 Å². The van der Waals surface area contributed by atoms with Crippen molar-refractivity contribution >= 4 is 5.91 Å². The van der Waals surface area contributed by atoms with E-state index in [4.69, 9.17) is 5.53 Å². The number of amides is 1. The molecule has 0 heterocycles. The summed E-state index contributed by atoms with van der Waals surface area (Å²) in [5.41, 5.74) is 7.73. The Morgan fingerprint density at radius 1 is 1.80 bits per heavy atom. The zero-order chi connectivity index (χ0) is 7.98. The van der Waals surface area contributed by atoms with Crippen molar-refractivity contribution in [3.8, 4) is 0 Å². The highest BCUT2D eigenvalue weighted by Crippen LogP contribution is 1.84. The van der Waals surface area contributed by atoms with Crippen LogP contribution in [-0.2, 0) is 4.79 Å². The first-order chi connectivity index (χ1) is 4.70. The molecule has 0 unspecified atom stereocenters. The molecule has 0 aromatic carbocycles. The summed E-state index contributed by atoms with van der Waals surface area (Å²) in [5, 5.41) is 5.93. The van der Waals surface area contributed by atoms with Gasteiger partial charge >= 0.3 is 0 Å². The second-order valence-corrected chi connectivity index (χ2v) is 1.48. The van der Waals surface area contributed by atoms with Gasteiger partial charge in [-0.2, -0.15) is 0 Å². The van der Waals surface area contributed by atoms with E-state index >= 15 is 0 Å². The number of hydrogen-bond donors (Lipinski definition) is 0. The van der Waals surface area contributed by atoms with Crippen LogP contribution in [0.1, 0.15) is 0 Å². The molecule has 0 aromatic rings. The minimum Gasteiger partial charge on any atom is -0.290 e. The fourth-order valence-electron chi connectivity index (χ4n) is 0.306. The lowest BCUT2D eigenvalue weighted by Gasteiger charge is -2.01. The predicted octanol–water partition coefficient (Wildman–Crippen LogP) is 0.436. The zero-order valence-corrected chi connectivity index (χ0v) is 5.26. The van der Waals surface area contributed by atoms with E-state index in [1.54, 1.807) is 0 Å². The molecule has 1 amide bonds. The zero-order valence-electron chi connectivity index (χ0n) is 5.26. The highest BCUT2D eigenvalue weighted by atomic mass is 16.3. The second-order valence-electron chi connectivity index (χ2n) is 1.48. The molecule has 0 fully saturated rings. The maximum atomic E-state index is 10.4. The van der Waals surface area contributed by atoms with E-state index in [9.17, 15) is 9.70 Å². The fourth-order valence-corrected chi connectivity index (χ4v) is 0.306. The molecule has 0 aliphatic heterocycles. The smallest absolute Gasteiger partial charge is 0.239 e. The van der Waals surface area contributed by atoms with Gasteiger partial charge in [-0.3, -0.25) is 9.80 Å². The molecule has 0 N–H and O–H groups in total. The van der Waals surface area contributed by atoms with Crippen molar-refractivity contribution in [3.63, 3.8) is 0 Å². The number of nitroso groups, excluding NO2 is 1. The van der Waals surface area contributed by atoms with E-state index < -0.39 is 5.91 Å². The van der Waals surface area contributed by atoms with Gasteiger partial charge in [0.15, 0.2) is 0 Å². The third-order valence-corrected chi connectivity index (χ3v) is 0.660. The lowest BCUT2D eigenvalue weighted by Crippen LogP contribution is -2.18. The van der Waals surface area contributed by atoms with Gasteiger partial charge in [-0.1, -0.05) is 0 Å². The average molecular weight is 143 g/mol. The molecular weight excluding hydrogens is 138 g/mol. The Morgan fingerprint density at radius 2 is 2.40 bits per heavy atom. The van der Waals surface area contributed by atoms with Crippen LogP contribution in [0.4, 0.5) is 0 Å². The van der Waals surface area contributed by atoms with Crippen LogP contribution in [0.25, 0.3) is 10.4 Å². The van der Waals surface area contributed by atoms with E-state index in [-0.39, 0.29) is 6.54 Å². The number of azide groups is 1. The van der Waals surface area contributed by atoms with Gasteiger partial charge in [-0.05, 0) is 10.6 Å². The van der Waals surface area contributed by atoms with Gasteiger partial charge in [0.25, 0.3) is 0 Å². The van der Waals surface area contributed by atoms with Gasteiger partial charge in [0, 0.05) is 12.0 Å². The molecule has 0 radical (unpaired) electrons. The Morgan fingerprint density at radius 3 is 2.80 bits per heavy atom. The van der Waals surface area contributed by atoms with Crippen LogP contribution in [0.5, 0.6) is 0 Å². The molecule has 54 valence electrons. The molecule has 0 saturated heterocycles. The Balaban J connectivity index is 3.78. The van der Waals surface area contributed by atoms with Gasteiger partial charge < -0.3 is 0 Å². The van der Waals surface area contributed by atoms with Crippen molar-refractivity contribution < 1.29 is 4.79 Å². The first kappa shape index (κ1) is 8.38. The largest absolute Gasteiger partial charge is 0.290 e. The number of carbonyl (C=O) groups is 1. The average Bonchev–Trinajstić information content (AvgIpc) is 1.88. The first-order valence-electron chi connectivity index (χ1n) is 2.33. The Kier molecular flexibility index (Phi) is 3.58. The molecule has 7 nitrogen and oxygen atoms in total. The van der Waals surface area contributed by atoms with Crippen molar-refractivity contribution in [1.82, 2.24) is 5.01 Å². The maximum absolute atomic E-state index is 10.4. The maximum Gasteiger partial charge on any atom is 0.239 e. The summed E-state index contributed by atoms with van der Waals surface area (Å²) in [6.07, 6.45) is 0. The summed E-state index contributed by atoms with van der Waals surface area (Å²) in [7, 11) is 1.30. The van der Waals surface area contributed by atoms with Crippen LogP contribution in [0.3, 0.4) is 0 Å². The molecular formula is C3H5N5O2. The van der Waals surface area contributed by atoms with E-state index in [0.29, 0.717) is 0 Å². The Bertz CT molecular complexity index is 183. The summed E-state index contributed by atoms with van der Waals surface area (Å²) in [6, 6.07) is 0. The molecule has 0 rings (SSSR count). The topological polar surface area (TPSA) is 98.5 Å². The van der Waals surface area contributed by atoms with E-state index in [2.05, 4.69) is 15.3 Å². The molecule has 7 heteroatoms. The minimum atomic E-state index is -0.732. The summed E-state index contributed by atoms with van der Waals surface area (Å²) >= 11 is 0. The number of rotatable bonds is 3. The molecule has 0 atom stereocenters. The third-order valence-electron chi connectivity index (χ3n) is 0.660. The summed E-state index contributed by atoms with van der Waals surface area (Å²) in [4.78, 5) is 22.2. The summed E-state index contributed by atoms with van der Waals surface area (Å²) in [5.74, 6) is -0.732. The van der Waals surface area contributed by atoms with E-state index in [1.807, 2.05) is 0 Å². The Hall–Kier alpha value is -1.62. The van der Waals surface area contributed by atoms with Gasteiger partial charge in [0.1, 0.15) is 6.54 Å². The van der Waals surface area contributed by atoms with Crippen LogP contribution in [0.2, 0.25) is 0 Å². The van der Waals surface area contributed by atoms with Gasteiger partial charge in [-0.15, -0.1) is 4.91 Å². The predicted molar refractivity (Wildman–Crippen MR) is 32.6 cm³/mol. The van der Waals surface area contributed by atoms with E-state index in [0.717, 1.165) is 5.01 Å². The standard InChI is InChI=1S/C3H5N5O2/c1-8(7-10)2-3(9)5-6-4/h2H2,1H3. The van der Waals surface area contributed by atoms with Crippen molar-refractivity contribution in [2.75, 3.05) is 13.6 Å².